The van der Waals surface area contributed by atoms with Crippen LogP contribution in [0.5, 0.6) is 0 Å². The van der Waals surface area contributed by atoms with Crippen molar-refractivity contribution in [3.63, 3.8) is 0 Å². The van der Waals surface area contributed by atoms with E-state index in [4.69, 9.17) is 0 Å². The zero-order chi connectivity index (χ0) is 20.7. The highest BCUT2D eigenvalue weighted by Crippen LogP contribution is 2.34. The van der Waals surface area contributed by atoms with Gasteiger partial charge in [-0.3, -0.25) is 14.6 Å². The number of aromatic nitrogens is 2. The van der Waals surface area contributed by atoms with Crippen LogP contribution in [0.4, 0.5) is 0 Å². The van der Waals surface area contributed by atoms with Crippen LogP contribution in [0.15, 0.2) is 46.4 Å². The number of rotatable bonds is 3. The third-order valence-corrected chi connectivity index (χ3v) is 5.60. The molecule has 0 bridgehead atoms. The first kappa shape index (κ1) is 19.1. The van der Waals surface area contributed by atoms with Crippen LogP contribution in [0.25, 0.3) is 10.9 Å². The molecule has 3 heterocycles. The first-order chi connectivity index (χ1) is 13.9. The minimum Gasteiger partial charge on any atom is -0.320 e. The number of aromatic amines is 1. The standard InChI is InChI=1S/C23H24N4O2/c1-5-20(28)27-19(16-8-6-13(2)7-9-16)12-18(26-27)21-14(3)17-10-11-24-15(4)22(17)25-23(21)29/h6-11,19H,5,12H2,1-4H3,(H,25,29). The Morgan fingerprint density at radius 3 is 2.59 bits per heavy atom. The van der Waals surface area contributed by atoms with Crippen LogP contribution in [0, 0.1) is 20.8 Å². The van der Waals surface area contributed by atoms with Crippen LogP contribution in [0.2, 0.25) is 0 Å². The molecule has 1 aromatic carbocycles. The van der Waals surface area contributed by atoms with Gasteiger partial charge in [-0.05, 0) is 38.0 Å². The van der Waals surface area contributed by atoms with E-state index in [1.54, 1.807) is 11.2 Å². The summed E-state index contributed by atoms with van der Waals surface area (Å²) in [7, 11) is 0. The second-order valence-electron chi connectivity index (χ2n) is 7.54. The van der Waals surface area contributed by atoms with Crippen LogP contribution in [-0.2, 0) is 4.79 Å². The maximum atomic E-state index is 13.0. The van der Waals surface area contributed by atoms with E-state index in [1.807, 2.05) is 58.0 Å². The van der Waals surface area contributed by atoms with E-state index >= 15 is 0 Å². The van der Waals surface area contributed by atoms with Gasteiger partial charge in [0.05, 0.1) is 28.5 Å². The molecular weight excluding hydrogens is 364 g/mol. The number of aryl methyl sites for hydroxylation is 3. The molecule has 1 aliphatic rings. The van der Waals surface area contributed by atoms with Gasteiger partial charge in [0, 0.05) is 24.4 Å². The maximum Gasteiger partial charge on any atom is 0.257 e. The van der Waals surface area contributed by atoms with Crippen molar-refractivity contribution in [3.8, 4) is 0 Å². The second-order valence-corrected chi connectivity index (χ2v) is 7.54. The number of amides is 1. The molecule has 2 aromatic heterocycles. The molecule has 6 heteroatoms. The fourth-order valence-corrected chi connectivity index (χ4v) is 3.97. The Kier molecular flexibility index (Phi) is 4.78. The summed E-state index contributed by atoms with van der Waals surface area (Å²) >= 11 is 0. The molecule has 0 fully saturated rings. The van der Waals surface area contributed by atoms with E-state index in [9.17, 15) is 9.59 Å². The van der Waals surface area contributed by atoms with E-state index in [1.165, 1.54) is 0 Å². The van der Waals surface area contributed by atoms with Crippen LogP contribution >= 0.6 is 0 Å². The van der Waals surface area contributed by atoms with Crippen molar-refractivity contribution in [1.29, 1.82) is 0 Å². The average molecular weight is 388 g/mol. The van der Waals surface area contributed by atoms with Gasteiger partial charge < -0.3 is 4.98 Å². The number of H-pyrrole nitrogens is 1. The van der Waals surface area contributed by atoms with Crippen molar-refractivity contribution in [2.45, 2.75) is 46.6 Å². The summed E-state index contributed by atoms with van der Waals surface area (Å²) < 4.78 is 0. The molecule has 0 spiro atoms. The largest absolute Gasteiger partial charge is 0.320 e. The Balaban J connectivity index is 1.84. The normalized spacial score (nSPS) is 16.3. The lowest BCUT2D eigenvalue weighted by Crippen LogP contribution is -2.26. The topological polar surface area (TPSA) is 78.4 Å². The van der Waals surface area contributed by atoms with Gasteiger partial charge in [0.1, 0.15) is 0 Å². The average Bonchev–Trinajstić information content (AvgIpc) is 3.14. The molecule has 0 aliphatic carbocycles. The van der Waals surface area contributed by atoms with Gasteiger partial charge in [-0.1, -0.05) is 36.8 Å². The predicted octanol–water partition coefficient (Wildman–Crippen LogP) is 3.94. The summed E-state index contributed by atoms with van der Waals surface area (Å²) in [5.41, 5.74) is 5.56. The van der Waals surface area contributed by atoms with Gasteiger partial charge in [0.2, 0.25) is 5.91 Å². The quantitative estimate of drug-likeness (QED) is 0.738. The van der Waals surface area contributed by atoms with Crippen molar-refractivity contribution in [2.75, 3.05) is 0 Å². The molecule has 1 atom stereocenters. The van der Waals surface area contributed by atoms with Crippen molar-refractivity contribution < 1.29 is 4.79 Å². The van der Waals surface area contributed by atoms with Gasteiger partial charge in [-0.15, -0.1) is 0 Å². The summed E-state index contributed by atoms with van der Waals surface area (Å²) in [6, 6.07) is 9.82. The van der Waals surface area contributed by atoms with Crippen LogP contribution in [-0.4, -0.2) is 26.6 Å². The molecular formula is C23H24N4O2. The molecule has 1 unspecified atom stereocenters. The lowest BCUT2D eigenvalue weighted by Gasteiger charge is -2.21. The highest BCUT2D eigenvalue weighted by atomic mass is 16.2. The highest BCUT2D eigenvalue weighted by Gasteiger charge is 2.34. The lowest BCUT2D eigenvalue weighted by atomic mass is 9.95. The molecule has 1 aliphatic heterocycles. The summed E-state index contributed by atoms with van der Waals surface area (Å²) in [6.07, 6.45) is 2.61. The van der Waals surface area contributed by atoms with Gasteiger partial charge in [-0.25, -0.2) is 5.01 Å². The zero-order valence-corrected chi connectivity index (χ0v) is 17.1. The number of carbonyl (C=O) groups is 1. The Morgan fingerprint density at radius 2 is 1.90 bits per heavy atom. The summed E-state index contributed by atoms with van der Waals surface area (Å²) in [6.45, 7) is 7.66. The number of pyridine rings is 2. The first-order valence-corrected chi connectivity index (χ1v) is 9.85. The number of hydrogen-bond acceptors (Lipinski definition) is 4. The Morgan fingerprint density at radius 1 is 1.17 bits per heavy atom. The molecule has 0 radical (unpaired) electrons. The van der Waals surface area contributed by atoms with Crippen LogP contribution in [0.3, 0.4) is 0 Å². The van der Waals surface area contributed by atoms with E-state index in [0.29, 0.717) is 24.1 Å². The third kappa shape index (κ3) is 3.24. The number of hydrazone groups is 1. The van der Waals surface area contributed by atoms with Crippen LogP contribution in [0.1, 0.15) is 53.8 Å². The van der Waals surface area contributed by atoms with Gasteiger partial charge in [-0.2, -0.15) is 5.10 Å². The summed E-state index contributed by atoms with van der Waals surface area (Å²) in [4.78, 5) is 32.8. The molecule has 148 valence electrons. The van der Waals surface area contributed by atoms with Crippen molar-refractivity contribution in [3.05, 3.63) is 74.8 Å². The van der Waals surface area contributed by atoms with E-state index in [-0.39, 0.29) is 17.5 Å². The fraction of sp³-hybridized carbons (Fsp3) is 0.304. The van der Waals surface area contributed by atoms with Gasteiger partial charge in [0.15, 0.2) is 0 Å². The van der Waals surface area contributed by atoms with Crippen molar-refractivity contribution >= 4 is 22.5 Å². The van der Waals surface area contributed by atoms with Crippen LogP contribution < -0.4 is 5.56 Å². The highest BCUT2D eigenvalue weighted by molar-refractivity contribution is 6.06. The zero-order valence-electron chi connectivity index (χ0n) is 17.1. The SMILES string of the molecule is CCC(=O)N1N=C(c2c(C)c3ccnc(C)c3[nH]c2=O)CC1c1ccc(C)cc1. The Labute approximate surface area is 169 Å². The molecule has 4 rings (SSSR count). The van der Waals surface area contributed by atoms with E-state index in [2.05, 4.69) is 15.1 Å². The van der Waals surface area contributed by atoms with Crippen molar-refractivity contribution in [1.82, 2.24) is 15.0 Å². The molecule has 6 nitrogen and oxygen atoms in total. The minimum atomic E-state index is -0.202. The number of carbonyl (C=O) groups excluding carboxylic acids is 1. The molecule has 0 saturated heterocycles. The van der Waals surface area contributed by atoms with Gasteiger partial charge >= 0.3 is 0 Å². The number of fused-ring (bicyclic) bond motifs is 1. The molecule has 1 N–H and O–H groups in total. The fourth-order valence-electron chi connectivity index (χ4n) is 3.97. The molecule has 1 amide bonds. The lowest BCUT2D eigenvalue weighted by molar-refractivity contribution is -0.132. The first-order valence-electron chi connectivity index (χ1n) is 9.85. The number of nitrogens with zero attached hydrogens (tertiary/aromatic N) is 3. The predicted molar refractivity (Wildman–Crippen MR) is 114 cm³/mol. The molecule has 3 aromatic rings. The number of benzene rings is 1. The molecule has 0 saturated carbocycles. The maximum absolute atomic E-state index is 13.0. The van der Waals surface area contributed by atoms with E-state index in [0.717, 1.165) is 33.3 Å². The summed E-state index contributed by atoms with van der Waals surface area (Å²) in [5, 5.41) is 7.11. The minimum absolute atomic E-state index is 0.0551. The Bertz CT molecular complexity index is 1190. The van der Waals surface area contributed by atoms with E-state index < -0.39 is 0 Å². The third-order valence-electron chi connectivity index (χ3n) is 5.60. The number of hydrogen-bond donors (Lipinski definition) is 1. The Hall–Kier alpha value is -3.28. The van der Waals surface area contributed by atoms with Gasteiger partial charge in [0.25, 0.3) is 5.56 Å². The number of nitrogens with one attached hydrogen (secondary N) is 1. The molecule has 29 heavy (non-hydrogen) atoms. The second kappa shape index (κ2) is 7.28. The van der Waals surface area contributed by atoms with Crippen molar-refractivity contribution in [2.24, 2.45) is 5.10 Å². The summed E-state index contributed by atoms with van der Waals surface area (Å²) in [5.74, 6) is -0.0551. The monoisotopic (exact) mass is 388 g/mol. The smallest absolute Gasteiger partial charge is 0.257 e.